The van der Waals surface area contributed by atoms with Crippen LogP contribution in [0.1, 0.15) is 31.5 Å². The number of aromatic nitrogens is 4. The molecule has 0 unspecified atom stereocenters. The summed E-state index contributed by atoms with van der Waals surface area (Å²) < 4.78 is 29.7. The summed E-state index contributed by atoms with van der Waals surface area (Å²) in [5, 5.41) is 5.17. The standard InChI is InChI=1S/C22H23N5O2S2/c1-3-5-18-14-21(27-22(25-18)23-15-24-27)30-19-10-8-17(9-11-19)26-31(28,29)20-12-6-16(4-2)7-13-20/h6-15,26H,3-5H2,1-2H3. The van der Waals surface area contributed by atoms with E-state index in [-0.39, 0.29) is 4.90 Å². The summed E-state index contributed by atoms with van der Waals surface area (Å²) in [4.78, 5) is 9.94. The number of hydrogen-bond donors (Lipinski definition) is 1. The van der Waals surface area contributed by atoms with Crippen LogP contribution in [0.2, 0.25) is 0 Å². The number of sulfonamides is 1. The van der Waals surface area contributed by atoms with Gasteiger partial charge in [0.05, 0.1) is 4.90 Å². The molecule has 0 aliphatic carbocycles. The van der Waals surface area contributed by atoms with Crippen LogP contribution < -0.4 is 4.72 Å². The average molecular weight is 454 g/mol. The number of rotatable bonds is 8. The van der Waals surface area contributed by atoms with E-state index in [1.54, 1.807) is 28.8 Å². The number of nitrogens with zero attached hydrogens (tertiary/aromatic N) is 4. The van der Waals surface area contributed by atoms with E-state index in [0.29, 0.717) is 11.5 Å². The predicted molar refractivity (Wildman–Crippen MR) is 122 cm³/mol. The molecule has 0 aliphatic heterocycles. The van der Waals surface area contributed by atoms with Gasteiger partial charge in [0.2, 0.25) is 0 Å². The molecule has 0 fully saturated rings. The van der Waals surface area contributed by atoms with Crippen LogP contribution in [-0.4, -0.2) is 28.0 Å². The van der Waals surface area contributed by atoms with Crippen LogP contribution >= 0.6 is 11.8 Å². The fraction of sp³-hybridized carbons (Fsp3) is 0.227. The Hall–Kier alpha value is -2.91. The zero-order valence-electron chi connectivity index (χ0n) is 17.3. The summed E-state index contributed by atoms with van der Waals surface area (Å²) in [5.41, 5.74) is 2.58. The van der Waals surface area contributed by atoms with Gasteiger partial charge < -0.3 is 0 Å². The number of hydrogen-bond acceptors (Lipinski definition) is 6. The zero-order valence-corrected chi connectivity index (χ0v) is 18.9. The molecule has 7 nitrogen and oxygen atoms in total. The van der Waals surface area contributed by atoms with Gasteiger partial charge in [-0.15, -0.1) is 0 Å². The van der Waals surface area contributed by atoms with Crippen molar-refractivity contribution in [2.75, 3.05) is 4.72 Å². The molecule has 0 amide bonds. The third-order valence-corrected chi connectivity index (χ3v) is 7.15. The minimum absolute atomic E-state index is 0.247. The Morgan fingerprint density at radius 1 is 1.03 bits per heavy atom. The molecule has 2 aromatic carbocycles. The van der Waals surface area contributed by atoms with E-state index in [2.05, 4.69) is 26.7 Å². The first-order valence-corrected chi connectivity index (χ1v) is 12.4. The monoisotopic (exact) mass is 453 g/mol. The molecule has 0 radical (unpaired) electrons. The fourth-order valence-corrected chi connectivity index (χ4v) is 5.10. The van der Waals surface area contributed by atoms with E-state index in [1.807, 2.05) is 37.3 Å². The Kier molecular flexibility index (Phi) is 6.24. The minimum atomic E-state index is -3.63. The van der Waals surface area contributed by atoms with Crippen LogP contribution in [0.3, 0.4) is 0 Å². The first-order valence-electron chi connectivity index (χ1n) is 10.1. The second-order valence-corrected chi connectivity index (χ2v) is 9.81. The molecule has 9 heteroatoms. The van der Waals surface area contributed by atoms with Gasteiger partial charge >= 0.3 is 0 Å². The maximum atomic E-state index is 12.7. The summed E-state index contributed by atoms with van der Waals surface area (Å²) >= 11 is 1.53. The Morgan fingerprint density at radius 2 is 1.77 bits per heavy atom. The molecule has 1 N–H and O–H groups in total. The molecule has 4 aromatic rings. The van der Waals surface area contributed by atoms with Crippen molar-refractivity contribution in [2.45, 2.75) is 47.9 Å². The van der Waals surface area contributed by atoms with Crippen molar-refractivity contribution in [1.82, 2.24) is 19.6 Å². The molecule has 160 valence electrons. The third kappa shape index (κ3) is 4.88. The molecular weight excluding hydrogens is 430 g/mol. The molecule has 0 saturated carbocycles. The van der Waals surface area contributed by atoms with Crippen LogP contribution in [0, 0.1) is 0 Å². The van der Waals surface area contributed by atoms with Crippen molar-refractivity contribution in [3.05, 3.63) is 72.2 Å². The van der Waals surface area contributed by atoms with E-state index in [0.717, 1.165) is 40.4 Å². The first kappa shape index (κ1) is 21.3. The van der Waals surface area contributed by atoms with E-state index in [4.69, 9.17) is 0 Å². The van der Waals surface area contributed by atoms with Crippen LogP contribution in [0.4, 0.5) is 5.69 Å². The maximum Gasteiger partial charge on any atom is 0.261 e. The summed E-state index contributed by atoms with van der Waals surface area (Å²) in [6, 6.07) is 16.2. The van der Waals surface area contributed by atoms with Gasteiger partial charge in [-0.05, 0) is 60.9 Å². The van der Waals surface area contributed by atoms with Gasteiger partial charge in [0, 0.05) is 16.3 Å². The Bertz CT molecular complexity index is 1280. The molecule has 0 bridgehead atoms. The van der Waals surface area contributed by atoms with Crippen LogP contribution in [-0.2, 0) is 22.9 Å². The van der Waals surface area contributed by atoms with Crippen molar-refractivity contribution in [3.63, 3.8) is 0 Å². The summed E-state index contributed by atoms with van der Waals surface area (Å²) in [6.07, 6.45) is 4.23. The van der Waals surface area contributed by atoms with E-state index in [9.17, 15) is 8.42 Å². The highest BCUT2D eigenvalue weighted by Gasteiger charge is 2.14. The van der Waals surface area contributed by atoms with Gasteiger partial charge in [-0.1, -0.05) is 44.2 Å². The van der Waals surface area contributed by atoms with Crippen molar-refractivity contribution in [2.24, 2.45) is 0 Å². The molecule has 31 heavy (non-hydrogen) atoms. The van der Waals surface area contributed by atoms with E-state index in [1.165, 1.54) is 18.1 Å². The zero-order chi connectivity index (χ0) is 21.8. The first-order chi connectivity index (χ1) is 15.0. The van der Waals surface area contributed by atoms with Crippen molar-refractivity contribution in [3.8, 4) is 0 Å². The molecular formula is C22H23N5O2S2. The van der Waals surface area contributed by atoms with Crippen LogP contribution in [0.15, 0.2) is 75.7 Å². The van der Waals surface area contributed by atoms with Gasteiger partial charge in [0.15, 0.2) is 0 Å². The van der Waals surface area contributed by atoms with Crippen molar-refractivity contribution >= 4 is 33.3 Å². The quantitative estimate of drug-likeness (QED) is 0.393. The Balaban J connectivity index is 1.52. The number of anilines is 1. The highest BCUT2D eigenvalue weighted by atomic mass is 32.2. The number of nitrogens with one attached hydrogen (secondary N) is 1. The molecule has 0 aliphatic rings. The van der Waals surface area contributed by atoms with Gasteiger partial charge in [-0.3, -0.25) is 4.72 Å². The molecule has 0 atom stereocenters. The normalized spacial score (nSPS) is 11.7. The topological polar surface area (TPSA) is 89.2 Å². The minimum Gasteiger partial charge on any atom is -0.280 e. The number of fused-ring (bicyclic) bond motifs is 1. The van der Waals surface area contributed by atoms with Crippen molar-refractivity contribution in [1.29, 1.82) is 0 Å². The molecule has 0 saturated heterocycles. The molecule has 0 spiro atoms. The van der Waals surface area contributed by atoms with Gasteiger partial charge in [-0.25, -0.2) is 13.4 Å². The van der Waals surface area contributed by atoms with E-state index >= 15 is 0 Å². The number of benzene rings is 2. The van der Waals surface area contributed by atoms with Gasteiger partial charge in [0.1, 0.15) is 11.4 Å². The van der Waals surface area contributed by atoms with Crippen LogP contribution in [0.5, 0.6) is 0 Å². The lowest BCUT2D eigenvalue weighted by molar-refractivity contribution is 0.601. The SMILES string of the molecule is CCCc1cc(Sc2ccc(NS(=O)(=O)c3ccc(CC)cc3)cc2)n2ncnc2n1. The highest BCUT2D eigenvalue weighted by Crippen LogP contribution is 2.29. The average Bonchev–Trinajstić information content (AvgIpc) is 3.24. The smallest absolute Gasteiger partial charge is 0.261 e. The third-order valence-electron chi connectivity index (χ3n) is 4.75. The maximum absolute atomic E-state index is 12.7. The largest absolute Gasteiger partial charge is 0.280 e. The summed E-state index contributed by atoms with van der Waals surface area (Å²) in [6.45, 7) is 4.15. The van der Waals surface area contributed by atoms with Crippen molar-refractivity contribution < 1.29 is 8.42 Å². The Morgan fingerprint density at radius 3 is 2.45 bits per heavy atom. The summed E-state index contributed by atoms with van der Waals surface area (Å²) in [7, 11) is -3.63. The Labute approximate surface area is 186 Å². The highest BCUT2D eigenvalue weighted by molar-refractivity contribution is 7.99. The molecule has 4 rings (SSSR count). The van der Waals surface area contributed by atoms with Crippen LogP contribution in [0.25, 0.3) is 5.78 Å². The number of aryl methyl sites for hydroxylation is 2. The second-order valence-electron chi connectivity index (χ2n) is 7.04. The lowest BCUT2D eigenvalue weighted by Gasteiger charge is -2.10. The lowest BCUT2D eigenvalue weighted by atomic mass is 10.2. The lowest BCUT2D eigenvalue weighted by Crippen LogP contribution is -2.12. The van der Waals surface area contributed by atoms with Gasteiger partial charge in [-0.2, -0.15) is 14.6 Å². The summed E-state index contributed by atoms with van der Waals surface area (Å²) in [5.74, 6) is 0.576. The predicted octanol–water partition coefficient (Wildman–Crippen LogP) is 4.59. The van der Waals surface area contributed by atoms with Gasteiger partial charge in [0.25, 0.3) is 15.8 Å². The molecule has 2 aromatic heterocycles. The second kappa shape index (κ2) is 9.07. The van der Waals surface area contributed by atoms with E-state index < -0.39 is 10.0 Å². The molecule has 2 heterocycles. The fourth-order valence-electron chi connectivity index (χ4n) is 3.12.